The zero-order valence-electron chi connectivity index (χ0n) is 8.98. The van der Waals surface area contributed by atoms with Crippen LogP contribution < -0.4 is 5.32 Å². The fourth-order valence-corrected chi connectivity index (χ4v) is 1.84. The minimum atomic E-state index is -0.174. The maximum Gasteiger partial charge on any atom is 0.301 e. The van der Waals surface area contributed by atoms with E-state index in [9.17, 15) is 4.79 Å². The molecule has 0 radical (unpaired) electrons. The average molecular weight is 237 g/mol. The molecule has 0 unspecified atom stereocenters. The molecule has 16 heavy (non-hydrogen) atoms. The molecule has 0 fully saturated rings. The molecular formula is C10H11N3O2S. The number of thiazole rings is 1. The predicted molar refractivity (Wildman–Crippen MR) is 60.4 cm³/mol. The molecule has 6 heteroatoms. The maximum absolute atomic E-state index is 11.6. The van der Waals surface area contributed by atoms with E-state index in [0.29, 0.717) is 0 Å². The van der Waals surface area contributed by atoms with E-state index in [1.54, 1.807) is 6.92 Å². The first-order valence-electron chi connectivity index (χ1n) is 4.76. The normalized spacial score (nSPS) is 10.4. The van der Waals surface area contributed by atoms with Crippen molar-refractivity contribution < 1.29 is 9.21 Å². The lowest BCUT2D eigenvalue weighted by Gasteiger charge is -1.97. The van der Waals surface area contributed by atoms with E-state index in [1.807, 2.05) is 12.3 Å². The summed E-state index contributed by atoms with van der Waals surface area (Å²) in [5, 5.41) is 5.39. The Balaban J connectivity index is 1.94. The van der Waals surface area contributed by atoms with Crippen LogP contribution in [-0.2, 0) is 11.2 Å². The third-order valence-electron chi connectivity index (χ3n) is 1.87. The molecule has 0 aromatic carbocycles. The number of nitrogens with one attached hydrogen (secondary N) is 1. The van der Waals surface area contributed by atoms with Gasteiger partial charge in [-0.15, -0.1) is 11.3 Å². The van der Waals surface area contributed by atoms with Crippen LogP contribution in [0.5, 0.6) is 0 Å². The van der Waals surface area contributed by atoms with Crippen molar-refractivity contribution in [3.05, 3.63) is 28.0 Å². The van der Waals surface area contributed by atoms with E-state index >= 15 is 0 Å². The highest BCUT2D eigenvalue weighted by Gasteiger charge is 2.09. The molecule has 0 saturated carbocycles. The Kier molecular flexibility index (Phi) is 3.00. The summed E-state index contributed by atoms with van der Waals surface area (Å²) in [6, 6.07) is 0.231. The Morgan fingerprint density at radius 1 is 1.50 bits per heavy atom. The number of aromatic nitrogens is 2. The second-order valence-corrected chi connectivity index (χ2v) is 4.44. The number of hydrogen-bond donors (Lipinski definition) is 1. The van der Waals surface area contributed by atoms with Crippen molar-refractivity contribution in [2.75, 3.05) is 5.32 Å². The number of carbonyl (C=O) groups excluding carboxylic acids is 1. The van der Waals surface area contributed by atoms with Crippen LogP contribution in [0.1, 0.15) is 16.4 Å². The Hall–Kier alpha value is -1.69. The second-order valence-electron chi connectivity index (χ2n) is 3.38. The molecule has 0 bridgehead atoms. The van der Waals surface area contributed by atoms with Crippen LogP contribution >= 0.6 is 11.3 Å². The fraction of sp³-hybridized carbons (Fsp3) is 0.300. The van der Waals surface area contributed by atoms with Crippen LogP contribution in [0, 0.1) is 13.8 Å². The molecule has 2 aromatic rings. The van der Waals surface area contributed by atoms with Gasteiger partial charge in [0.2, 0.25) is 5.91 Å². The van der Waals surface area contributed by atoms with Gasteiger partial charge in [0.25, 0.3) is 0 Å². The Morgan fingerprint density at radius 2 is 2.31 bits per heavy atom. The van der Waals surface area contributed by atoms with Crippen molar-refractivity contribution in [1.82, 2.24) is 9.97 Å². The van der Waals surface area contributed by atoms with Crippen molar-refractivity contribution in [2.45, 2.75) is 20.3 Å². The summed E-state index contributed by atoms with van der Waals surface area (Å²) in [6.07, 6.45) is 1.73. The van der Waals surface area contributed by atoms with Crippen LogP contribution in [-0.4, -0.2) is 15.9 Å². The number of aryl methyl sites for hydroxylation is 2. The lowest BCUT2D eigenvalue weighted by Crippen LogP contribution is -2.14. The molecule has 0 aliphatic rings. The summed E-state index contributed by atoms with van der Waals surface area (Å²) in [5.74, 6) is -0.174. The van der Waals surface area contributed by atoms with Crippen LogP contribution in [0.3, 0.4) is 0 Å². The second kappa shape index (κ2) is 4.44. The van der Waals surface area contributed by atoms with E-state index < -0.39 is 0 Å². The highest BCUT2D eigenvalue weighted by atomic mass is 32.1. The fourth-order valence-electron chi connectivity index (χ4n) is 1.23. The first-order valence-corrected chi connectivity index (χ1v) is 5.64. The molecule has 0 atom stereocenters. The maximum atomic E-state index is 11.6. The molecule has 2 rings (SSSR count). The molecule has 2 heterocycles. The quantitative estimate of drug-likeness (QED) is 0.885. The molecule has 1 N–H and O–H groups in total. The first kappa shape index (κ1) is 10.8. The van der Waals surface area contributed by atoms with E-state index in [1.165, 1.54) is 17.6 Å². The number of oxazole rings is 1. The summed E-state index contributed by atoms with van der Waals surface area (Å²) in [5.41, 5.74) is 1.50. The highest BCUT2D eigenvalue weighted by Crippen LogP contribution is 2.10. The monoisotopic (exact) mass is 237 g/mol. The van der Waals surface area contributed by atoms with Crippen molar-refractivity contribution in [2.24, 2.45) is 0 Å². The number of anilines is 1. The van der Waals surface area contributed by atoms with E-state index in [-0.39, 0.29) is 18.3 Å². The Labute approximate surface area is 96.5 Å². The molecule has 2 aromatic heterocycles. The highest BCUT2D eigenvalue weighted by molar-refractivity contribution is 7.09. The van der Waals surface area contributed by atoms with Gasteiger partial charge in [-0.05, 0) is 13.8 Å². The predicted octanol–water partition coefficient (Wildman–Crippen LogP) is 1.93. The number of nitrogens with zero attached hydrogens (tertiary/aromatic N) is 2. The first-order chi connectivity index (χ1) is 7.63. The molecule has 5 nitrogen and oxygen atoms in total. The van der Waals surface area contributed by atoms with Crippen molar-refractivity contribution in [3.8, 4) is 0 Å². The topological polar surface area (TPSA) is 68.0 Å². The van der Waals surface area contributed by atoms with Gasteiger partial charge in [-0.1, -0.05) is 0 Å². The van der Waals surface area contributed by atoms with Crippen molar-refractivity contribution in [1.29, 1.82) is 0 Å². The van der Waals surface area contributed by atoms with E-state index in [0.717, 1.165) is 16.4 Å². The smallest absolute Gasteiger partial charge is 0.301 e. The summed E-state index contributed by atoms with van der Waals surface area (Å²) >= 11 is 1.53. The summed E-state index contributed by atoms with van der Waals surface area (Å²) in [7, 11) is 0. The van der Waals surface area contributed by atoms with Gasteiger partial charge in [-0.2, -0.15) is 4.98 Å². The number of amides is 1. The molecule has 0 spiro atoms. The standard InChI is InChI=1S/C10H11N3O2S/c1-6-4-15-10(11-6)13-9(14)3-8-5-16-7(2)12-8/h4-5H,3H2,1-2H3,(H,11,13,14). The molecule has 0 aliphatic heterocycles. The Bertz CT molecular complexity index is 459. The zero-order chi connectivity index (χ0) is 11.5. The van der Waals surface area contributed by atoms with Gasteiger partial charge in [0.15, 0.2) is 0 Å². The minimum absolute atomic E-state index is 0.174. The van der Waals surface area contributed by atoms with Gasteiger partial charge in [0.1, 0.15) is 6.26 Å². The van der Waals surface area contributed by atoms with Crippen LogP contribution in [0.15, 0.2) is 16.1 Å². The van der Waals surface area contributed by atoms with Gasteiger partial charge in [-0.3, -0.25) is 10.1 Å². The lowest BCUT2D eigenvalue weighted by atomic mass is 10.3. The lowest BCUT2D eigenvalue weighted by molar-refractivity contribution is -0.115. The molecule has 0 saturated heterocycles. The molecule has 84 valence electrons. The molecular weight excluding hydrogens is 226 g/mol. The van der Waals surface area contributed by atoms with Crippen molar-refractivity contribution in [3.63, 3.8) is 0 Å². The summed E-state index contributed by atoms with van der Waals surface area (Å²) in [4.78, 5) is 19.7. The van der Waals surface area contributed by atoms with Gasteiger partial charge in [-0.25, -0.2) is 4.98 Å². The van der Waals surface area contributed by atoms with Crippen LogP contribution in [0.25, 0.3) is 0 Å². The third-order valence-corrected chi connectivity index (χ3v) is 2.70. The zero-order valence-corrected chi connectivity index (χ0v) is 9.80. The number of rotatable bonds is 3. The SMILES string of the molecule is Cc1coc(NC(=O)Cc2csc(C)n2)n1. The van der Waals surface area contributed by atoms with Gasteiger partial charge in [0.05, 0.1) is 22.8 Å². The van der Waals surface area contributed by atoms with Crippen LogP contribution in [0.4, 0.5) is 6.01 Å². The summed E-state index contributed by atoms with van der Waals surface area (Å²) in [6.45, 7) is 3.70. The van der Waals surface area contributed by atoms with Crippen LogP contribution in [0.2, 0.25) is 0 Å². The summed E-state index contributed by atoms with van der Waals surface area (Å²) < 4.78 is 5.02. The third kappa shape index (κ3) is 2.66. The van der Waals surface area contributed by atoms with Gasteiger partial charge in [0, 0.05) is 5.38 Å². The average Bonchev–Trinajstić information content (AvgIpc) is 2.76. The van der Waals surface area contributed by atoms with E-state index in [2.05, 4.69) is 15.3 Å². The minimum Gasteiger partial charge on any atom is -0.432 e. The van der Waals surface area contributed by atoms with Gasteiger partial charge < -0.3 is 4.42 Å². The van der Waals surface area contributed by atoms with Gasteiger partial charge >= 0.3 is 6.01 Å². The molecule has 0 aliphatic carbocycles. The number of carbonyl (C=O) groups is 1. The van der Waals surface area contributed by atoms with Crippen molar-refractivity contribution >= 4 is 23.3 Å². The molecule has 1 amide bonds. The largest absolute Gasteiger partial charge is 0.432 e. The van der Waals surface area contributed by atoms with E-state index in [4.69, 9.17) is 4.42 Å². The Morgan fingerprint density at radius 3 is 2.88 bits per heavy atom. The number of hydrogen-bond acceptors (Lipinski definition) is 5.